The van der Waals surface area contributed by atoms with E-state index in [9.17, 15) is 9.59 Å². The normalized spacial score (nSPS) is 10.0. The lowest BCUT2D eigenvalue weighted by Crippen LogP contribution is -2.27. The number of benzene rings is 1. The average molecular weight is 278 g/mol. The Kier molecular flexibility index (Phi) is 6.03. The maximum Gasteiger partial charge on any atom is 0.255 e. The number of carbonyl (C=O) groups is 2. The van der Waals surface area contributed by atoms with Gasteiger partial charge in [0.05, 0.1) is 12.7 Å². The Labute approximate surface area is 119 Å². The van der Waals surface area contributed by atoms with Crippen LogP contribution in [0.3, 0.4) is 0 Å². The highest BCUT2D eigenvalue weighted by molar-refractivity contribution is 5.98. The van der Waals surface area contributed by atoms with E-state index in [2.05, 4.69) is 5.32 Å². The van der Waals surface area contributed by atoms with Gasteiger partial charge in [0.25, 0.3) is 5.91 Å². The summed E-state index contributed by atoms with van der Waals surface area (Å²) < 4.78 is 5.20. The highest BCUT2D eigenvalue weighted by atomic mass is 16.5. The molecule has 0 atom stereocenters. The molecule has 5 nitrogen and oxygen atoms in total. The minimum atomic E-state index is -0.169. The van der Waals surface area contributed by atoms with Crippen LogP contribution in [0.15, 0.2) is 18.2 Å². The highest BCUT2D eigenvalue weighted by Crippen LogP contribution is 2.21. The monoisotopic (exact) mass is 278 g/mol. The van der Waals surface area contributed by atoms with Crippen LogP contribution in [0, 0.1) is 6.92 Å². The molecular weight excluding hydrogens is 256 g/mol. The number of nitrogens with one attached hydrogen (secondary N) is 1. The predicted octanol–water partition coefficient (Wildman–Crippen LogP) is 1.60. The van der Waals surface area contributed by atoms with Crippen LogP contribution in [-0.2, 0) is 4.79 Å². The van der Waals surface area contributed by atoms with Crippen molar-refractivity contribution in [2.75, 3.05) is 27.7 Å². The lowest BCUT2D eigenvalue weighted by Gasteiger charge is -2.12. The summed E-state index contributed by atoms with van der Waals surface area (Å²) >= 11 is 0. The van der Waals surface area contributed by atoms with Crippen LogP contribution in [0.25, 0.3) is 0 Å². The number of ether oxygens (including phenoxy) is 1. The van der Waals surface area contributed by atoms with Gasteiger partial charge >= 0.3 is 0 Å². The van der Waals surface area contributed by atoms with E-state index in [0.717, 1.165) is 5.56 Å². The first-order valence-corrected chi connectivity index (χ1v) is 6.59. The molecule has 0 saturated carbocycles. The summed E-state index contributed by atoms with van der Waals surface area (Å²) in [4.78, 5) is 25.1. The first-order chi connectivity index (χ1) is 9.47. The molecule has 0 fully saturated rings. The summed E-state index contributed by atoms with van der Waals surface area (Å²) in [5.41, 5.74) is 1.42. The summed E-state index contributed by atoms with van der Waals surface area (Å²) in [5, 5.41) is 2.82. The summed E-state index contributed by atoms with van der Waals surface area (Å²) in [6, 6.07) is 5.48. The minimum absolute atomic E-state index is 0.0627. The number of amides is 2. The van der Waals surface area contributed by atoms with Crippen molar-refractivity contribution in [1.82, 2.24) is 10.2 Å². The molecular formula is C15H22N2O3. The Balaban J connectivity index is 2.54. The van der Waals surface area contributed by atoms with Gasteiger partial charge in [0.1, 0.15) is 5.75 Å². The zero-order valence-electron chi connectivity index (χ0n) is 12.5. The van der Waals surface area contributed by atoms with Crippen molar-refractivity contribution in [3.63, 3.8) is 0 Å². The molecule has 2 amide bonds. The lowest BCUT2D eigenvalue weighted by molar-refractivity contribution is -0.128. The summed E-state index contributed by atoms with van der Waals surface area (Å²) in [7, 11) is 4.99. The van der Waals surface area contributed by atoms with Crippen molar-refractivity contribution in [3.05, 3.63) is 29.3 Å². The van der Waals surface area contributed by atoms with Crippen LogP contribution in [0.4, 0.5) is 0 Å². The average Bonchev–Trinajstić information content (AvgIpc) is 2.42. The van der Waals surface area contributed by atoms with Gasteiger partial charge in [-0.2, -0.15) is 0 Å². The van der Waals surface area contributed by atoms with Gasteiger partial charge in [0.15, 0.2) is 0 Å². The number of methoxy groups -OCH3 is 1. The smallest absolute Gasteiger partial charge is 0.255 e. The fourth-order valence-corrected chi connectivity index (χ4v) is 1.86. The van der Waals surface area contributed by atoms with E-state index in [4.69, 9.17) is 4.74 Å². The van der Waals surface area contributed by atoms with E-state index in [1.165, 1.54) is 0 Å². The second kappa shape index (κ2) is 7.53. The fraction of sp³-hybridized carbons (Fsp3) is 0.467. The first-order valence-electron chi connectivity index (χ1n) is 6.59. The molecule has 0 saturated heterocycles. The molecule has 0 aromatic heterocycles. The number of hydrogen-bond donors (Lipinski definition) is 1. The molecule has 5 heteroatoms. The van der Waals surface area contributed by atoms with Gasteiger partial charge in [0, 0.05) is 27.1 Å². The van der Waals surface area contributed by atoms with Gasteiger partial charge in [-0.3, -0.25) is 9.59 Å². The van der Waals surface area contributed by atoms with Crippen LogP contribution < -0.4 is 10.1 Å². The van der Waals surface area contributed by atoms with Gasteiger partial charge in [0.2, 0.25) is 5.91 Å². The molecule has 20 heavy (non-hydrogen) atoms. The lowest BCUT2D eigenvalue weighted by atomic mass is 10.1. The van der Waals surface area contributed by atoms with Gasteiger partial charge in [-0.15, -0.1) is 0 Å². The maximum atomic E-state index is 12.1. The van der Waals surface area contributed by atoms with Crippen LogP contribution >= 0.6 is 0 Å². The van der Waals surface area contributed by atoms with E-state index in [-0.39, 0.29) is 11.8 Å². The third-order valence-electron chi connectivity index (χ3n) is 3.03. The van der Waals surface area contributed by atoms with Crippen LogP contribution in [0.1, 0.15) is 28.8 Å². The van der Waals surface area contributed by atoms with Gasteiger partial charge in [-0.25, -0.2) is 0 Å². The van der Waals surface area contributed by atoms with Crippen molar-refractivity contribution in [2.45, 2.75) is 19.8 Å². The largest absolute Gasteiger partial charge is 0.496 e. The molecule has 0 unspecified atom stereocenters. The molecule has 1 aromatic rings. The molecule has 0 spiro atoms. The third kappa shape index (κ3) is 4.26. The van der Waals surface area contributed by atoms with E-state index >= 15 is 0 Å². The maximum absolute atomic E-state index is 12.1. The molecule has 0 aliphatic carbocycles. The number of nitrogens with zero attached hydrogens (tertiary/aromatic N) is 1. The Morgan fingerprint density at radius 2 is 2.00 bits per heavy atom. The molecule has 1 aromatic carbocycles. The topological polar surface area (TPSA) is 58.6 Å². The van der Waals surface area contributed by atoms with Crippen LogP contribution in [-0.4, -0.2) is 44.5 Å². The molecule has 1 N–H and O–H groups in total. The molecule has 0 aliphatic heterocycles. The fourth-order valence-electron chi connectivity index (χ4n) is 1.86. The van der Waals surface area contributed by atoms with Crippen LogP contribution in [0.2, 0.25) is 0 Å². The number of aryl methyl sites for hydroxylation is 1. The second-order valence-corrected chi connectivity index (χ2v) is 4.80. The Hall–Kier alpha value is -2.04. The number of carbonyl (C=O) groups excluding carboxylic acids is 2. The van der Waals surface area contributed by atoms with Crippen molar-refractivity contribution in [2.24, 2.45) is 0 Å². The predicted molar refractivity (Wildman–Crippen MR) is 78.0 cm³/mol. The quantitative estimate of drug-likeness (QED) is 0.804. The van der Waals surface area contributed by atoms with Crippen LogP contribution in [0.5, 0.6) is 5.75 Å². The van der Waals surface area contributed by atoms with E-state index in [0.29, 0.717) is 30.7 Å². The third-order valence-corrected chi connectivity index (χ3v) is 3.03. The van der Waals surface area contributed by atoms with Gasteiger partial charge in [-0.1, -0.05) is 12.1 Å². The Morgan fingerprint density at radius 3 is 2.60 bits per heavy atom. The van der Waals surface area contributed by atoms with Crippen molar-refractivity contribution in [1.29, 1.82) is 0 Å². The summed E-state index contributed by atoms with van der Waals surface area (Å²) in [5.74, 6) is 0.455. The Bertz CT molecular complexity index is 484. The minimum Gasteiger partial charge on any atom is -0.496 e. The van der Waals surface area contributed by atoms with Crippen molar-refractivity contribution in [3.8, 4) is 5.75 Å². The first kappa shape index (κ1) is 16.0. The summed E-state index contributed by atoms with van der Waals surface area (Å²) in [6.45, 7) is 2.34. The highest BCUT2D eigenvalue weighted by Gasteiger charge is 2.14. The summed E-state index contributed by atoms with van der Waals surface area (Å²) in [6.07, 6.45) is 1.05. The number of rotatable bonds is 6. The number of hydrogen-bond acceptors (Lipinski definition) is 3. The zero-order valence-corrected chi connectivity index (χ0v) is 12.5. The molecule has 0 bridgehead atoms. The van der Waals surface area contributed by atoms with Crippen molar-refractivity contribution >= 4 is 11.8 Å². The van der Waals surface area contributed by atoms with E-state index in [1.54, 1.807) is 32.2 Å². The molecule has 110 valence electrons. The molecule has 0 heterocycles. The zero-order chi connectivity index (χ0) is 15.1. The van der Waals surface area contributed by atoms with Crippen molar-refractivity contribution < 1.29 is 14.3 Å². The molecule has 0 radical (unpaired) electrons. The SMILES string of the molecule is COc1cccc(C)c1C(=O)NCCCC(=O)N(C)C. The Morgan fingerprint density at radius 1 is 1.30 bits per heavy atom. The van der Waals surface area contributed by atoms with E-state index in [1.807, 2.05) is 19.1 Å². The van der Waals surface area contributed by atoms with Gasteiger partial charge in [-0.05, 0) is 25.0 Å². The standard InChI is InChI=1S/C15H22N2O3/c1-11-7-5-8-12(20-4)14(11)15(19)16-10-6-9-13(18)17(2)3/h5,7-8H,6,9-10H2,1-4H3,(H,16,19). The van der Waals surface area contributed by atoms with Gasteiger partial charge < -0.3 is 15.0 Å². The second-order valence-electron chi connectivity index (χ2n) is 4.80. The molecule has 1 rings (SSSR count). The molecule has 0 aliphatic rings. The van der Waals surface area contributed by atoms with E-state index < -0.39 is 0 Å².